The molecule has 0 radical (unpaired) electrons. The number of rotatable bonds is 5. The van der Waals surface area contributed by atoms with E-state index < -0.39 is 0 Å². The Balaban J connectivity index is 1.57. The average Bonchev–Trinajstić information content (AvgIpc) is 3.21. The minimum Gasteiger partial charge on any atom is -0.464 e. The molecule has 1 atom stereocenters. The largest absolute Gasteiger partial charge is 0.464 e. The van der Waals surface area contributed by atoms with Crippen molar-refractivity contribution in [1.82, 2.24) is 15.6 Å². The van der Waals surface area contributed by atoms with Gasteiger partial charge in [0.15, 0.2) is 5.96 Å². The molecule has 3 N–H and O–H groups in total. The number of aromatic amines is 1. The number of hydrogen-bond donors (Lipinski definition) is 3. The number of para-hydroxylation sites is 1. The van der Waals surface area contributed by atoms with Gasteiger partial charge in [-0.25, -0.2) is 0 Å². The van der Waals surface area contributed by atoms with Gasteiger partial charge in [0.1, 0.15) is 11.5 Å². The van der Waals surface area contributed by atoms with Crippen molar-refractivity contribution in [2.45, 2.75) is 33.2 Å². The quantitative estimate of drug-likeness (QED) is 0.489. The van der Waals surface area contributed by atoms with Crippen molar-refractivity contribution in [2.24, 2.45) is 4.99 Å². The molecule has 25 heavy (non-hydrogen) atoms. The van der Waals surface area contributed by atoms with Crippen LogP contribution < -0.4 is 10.6 Å². The number of aromatic nitrogens is 1. The number of aliphatic imine (C=N–C) groups is 1. The van der Waals surface area contributed by atoms with Gasteiger partial charge in [-0.2, -0.15) is 0 Å². The van der Waals surface area contributed by atoms with Crippen LogP contribution in [0.5, 0.6) is 0 Å². The van der Waals surface area contributed by atoms with Crippen LogP contribution in [0.15, 0.2) is 45.9 Å². The molecular formula is C20H26N4O. The number of aryl methyl sites for hydroxylation is 2. The third-order valence-electron chi connectivity index (χ3n) is 4.46. The Morgan fingerprint density at radius 3 is 2.80 bits per heavy atom. The highest BCUT2D eigenvalue weighted by molar-refractivity contribution is 5.86. The van der Waals surface area contributed by atoms with Crippen molar-refractivity contribution < 1.29 is 4.42 Å². The van der Waals surface area contributed by atoms with Crippen molar-refractivity contribution in [3.05, 3.63) is 59.2 Å². The second-order valence-electron chi connectivity index (χ2n) is 6.37. The molecule has 0 fully saturated rings. The zero-order valence-corrected chi connectivity index (χ0v) is 15.3. The zero-order chi connectivity index (χ0) is 17.8. The number of nitrogens with one attached hydrogen (secondary N) is 3. The predicted molar refractivity (Wildman–Crippen MR) is 103 cm³/mol. The van der Waals surface area contributed by atoms with E-state index in [0.717, 1.165) is 30.4 Å². The predicted octanol–water partition coefficient (Wildman–Crippen LogP) is 3.85. The summed E-state index contributed by atoms with van der Waals surface area (Å²) in [5.41, 5.74) is 3.81. The Hall–Kier alpha value is -2.69. The van der Waals surface area contributed by atoms with Crippen LogP contribution in [0.1, 0.15) is 35.6 Å². The van der Waals surface area contributed by atoms with Crippen molar-refractivity contribution in [3.8, 4) is 0 Å². The van der Waals surface area contributed by atoms with E-state index in [1.165, 1.54) is 22.0 Å². The lowest BCUT2D eigenvalue weighted by molar-refractivity contribution is 0.441. The fraction of sp³-hybridized carbons (Fsp3) is 0.350. The smallest absolute Gasteiger partial charge is 0.191 e. The van der Waals surface area contributed by atoms with Crippen LogP contribution in [0.2, 0.25) is 0 Å². The standard InChI is InChI=1S/C20H26N4O/c1-13-6-5-7-17-16(12-23-19(13)17)10-11-22-20(21-4)24-15(3)18-9-8-14(2)25-18/h5-9,12,15,23H,10-11H2,1-4H3,(H2,21,22,24). The first-order chi connectivity index (χ1) is 12.1. The van der Waals surface area contributed by atoms with Gasteiger partial charge in [0.2, 0.25) is 0 Å². The van der Waals surface area contributed by atoms with E-state index in [1.807, 2.05) is 19.1 Å². The zero-order valence-electron chi connectivity index (χ0n) is 15.3. The highest BCUT2D eigenvalue weighted by atomic mass is 16.3. The molecule has 1 unspecified atom stereocenters. The van der Waals surface area contributed by atoms with Crippen LogP contribution in [0.25, 0.3) is 10.9 Å². The third-order valence-corrected chi connectivity index (χ3v) is 4.46. The van der Waals surface area contributed by atoms with Crippen molar-refractivity contribution in [1.29, 1.82) is 0 Å². The van der Waals surface area contributed by atoms with Crippen LogP contribution in [0, 0.1) is 13.8 Å². The fourth-order valence-electron chi connectivity index (χ4n) is 3.04. The first kappa shape index (κ1) is 17.1. The summed E-state index contributed by atoms with van der Waals surface area (Å²) in [6, 6.07) is 10.4. The lowest BCUT2D eigenvalue weighted by Gasteiger charge is -2.16. The van der Waals surface area contributed by atoms with Crippen LogP contribution in [-0.4, -0.2) is 24.5 Å². The summed E-state index contributed by atoms with van der Waals surface area (Å²) >= 11 is 0. The maximum absolute atomic E-state index is 5.66. The van der Waals surface area contributed by atoms with E-state index in [-0.39, 0.29) is 6.04 Å². The molecule has 0 aliphatic carbocycles. The summed E-state index contributed by atoms with van der Waals surface area (Å²) in [6.45, 7) is 6.95. The minimum absolute atomic E-state index is 0.0654. The van der Waals surface area contributed by atoms with Crippen molar-refractivity contribution in [2.75, 3.05) is 13.6 Å². The number of hydrogen-bond acceptors (Lipinski definition) is 2. The van der Waals surface area contributed by atoms with Gasteiger partial charge in [-0.05, 0) is 50.5 Å². The topological polar surface area (TPSA) is 65.3 Å². The fourth-order valence-corrected chi connectivity index (χ4v) is 3.04. The van der Waals surface area contributed by atoms with E-state index in [1.54, 1.807) is 7.05 Å². The Morgan fingerprint density at radius 1 is 1.24 bits per heavy atom. The number of nitrogens with zero attached hydrogens (tertiary/aromatic N) is 1. The van der Waals surface area contributed by atoms with Gasteiger partial charge in [-0.1, -0.05) is 18.2 Å². The van der Waals surface area contributed by atoms with Gasteiger partial charge in [-0.3, -0.25) is 4.99 Å². The van der Waals surface area contributed by atoms with E-state index in [2.05, 4.69) is 58.9 Å². The maximum Gasteiger partial charge on any atom is 0.191 e. The molecule has 0 saturated heterocycles. The summed E-state index contributed by atoms with van der Waals surface area (Å²) < 4.78 is 5.66. The molecule has 0 spiro atoms. The second kappa shape index (κ2) is 7.47. The molecular weight excluding hydrogens is 312 g/mol. The monoisotopic (exact) mass is 338 g/mol. The molecule has 3 rings (SSSR count). The van der Waals surface area contributed by atoms with Gasteiger partial charge < -0.3 is 20.0 Å². The molecule has 0 saturated carbocycles. The molecule has 3 aromatic rings. The lowest BCUT2D eigenvalue weighted by Crippen LogP contribution is -2.39. The molecule has 2 heterocycles. The molecule has 0 aliphatic heterocycles. The summed E-state index contributed by atoms with van der Waals surface area (Å²) in [4.78, 5) is 7.68. The van der Waals surface area contributed by atoms with Gasteiger partial charge in [0, 0.05) is 30.7 Å². The number of guanidine groups is 1. The number of benzene rings is 1. The highest BCUT2D eigenvalue weighted by Gasteiger charge is 2.11. The van der Waals surface area contributed by atoms with Crippen molar-refractivity contribution >= 4 is 16.9 Å². The summed E-state index contributed by atoms with van der Waals surface area (Å²) in [7, 11) is 1.78. The number of furan rings is 1. The van der Waals surface area contributed by atoms with Crippen LogP contribution in [0.3, 0.4) is 0 Å². The lowest BCUT2D eigenvalue weighted by atomic mass is 10.1. The van der Waals surface area contributed by atoms with Gasteiger partial charge in [-0.15, -0.1) is 0 Å². The minimum atomic E-state index is 0.0654. The molecule has 0 amide bonds. The normalized spacial score (nSPS) is 13.2. The number of fused-ring (bicyclic) bond motifs is 1. The molecule has 5 nitrogen and oxygen atoms in total. The third kappa shape index (κ3) is 3.87. The van der Waals surface area contributed by atoms with Gasteiger partial charge in [0.25, 0.3) is 0 Å². The molecule has 0 aliphatic rings. The van der Waals surface area contributed by atoms with Crippen LogP contribution in [-0.2, 0) is 6.42 Å². The van der Waals surface area contributed by atoms with E-state index in [0.29, 0.717) is 0 Å². The molecule has 1 aromatic carbocycles. The van der Waals surface area contributed by atoms with Gasteiger partial charge >= 0.3 is 0 Å². The first-order valence-electron chi connectivity index (χ1n) is 8.67. The van der Waals surface area contributed by atoms with E-state index >= 15 is 0 Å². The average molecular weight is 338 g/mol. The van der Waals surface area contributed by atoms with Crippen LogP contribution in [0.4, 0.5) is 0 Å². The Labute approximate surface area is 148 Å². The van der Waals surface area contributed by atoms with Crippen molar-refractivity contribution in [3.63, 3.8) is 0 Å². The van der Waals surface area contributed by atoms with Gasteiger partial charge in [0.05, 0.1) is 6.04 Å². The van der Waals surface area contributed by atoms with E-state index in [9.17, 15) is 0 Å². The maximum atomic E-state index is 5.66. The highest BCUT2D eigenvalue weighted by Crippen LogP contribution is 2.21. The molecule has 2 aromatic heterocycles. The Kier molecular flexibility index (Phi) is 5.12. The van der Waals surface area contributed by atoms with E-state index in [4.69, 9.17) is 4.42 Å². The molecule has 132 valence electrons. The first-order valence-corrected chi connectivity index (χ1v) is 8.67. The summed E-state index contributed by atoms with van der Waals surface area (Å²) in [5, 5.41) is 8.03. The van der Waals surface area contributed by atoms with Crippen LogP contribution >= 0.6 is 0 Å². The molecule has 5 heteroatoms. The summed E-state index contributed by atoms with van der Waals surface area (Å²) in [6.07, 6.45) is 3.03. The Morgan fingerprint density at radius 2 is 2.08 bits per heavy atom. The Bertz CT molecular complexity index is 875. The summed E-state index contributed by atoms with van der Waals surface area (Å²) in [5.74, 6) is 2.60. The SMILES string of the molecule is CN=C(NCCc1c[nH]c2c(C)cccc12)NC(C)c1ccc(C)o1. The molecule has 0 bridgehead atoms. The second-order valence-corrected chi connectivity index (χ2v) is 6.37. The number of H-pyrrole nitrogens is 1.